The largest absolute Gasteiger partial charge is 0.356 e. The third-order valence-electron chi connectivity index (χ3n) is 5.88. The zero-order valence-electron chi connectivity index (χ0n) is 15.6. The van der Waals surface area contributed by atoms with Crippen molar-refractivity contribution in [1.29, 1.82) is 0 Å². The highest BCUT2D eigenvalue weighted by molar-refractivity contribution is 6.31. The molecule has 2 aliphatic heterocycles. The van der Waals surface area contributed by atoms with Gasteiger partial charge in [0.1, 0.15) is 0 Å². The minimum atomic E-state index is 0.146. The maximum atomic E-state index is 13.3. The molecule has 1 unspecified atom stereocenters. The van der Waals surface area contributed by atoms with Gasteiger partial charge in [-0.3, -0.25) is 4.79 Å². The Balaban J connectivity index is 1.71. The quantitative estimate of drug-likeness (QED) is 0.842. The summed E-state index contributed by atoms with van der Waals surface area (Å²) in [6.45, 7) is 7.19. The van der Waals surface area contributed by atoms with Gasteiger partial charge >= 0.3 is 0 Å². The van der Waals surface area contributed by atoms with Crippen LogP contribution in [0.3, 0.4) is 0 Å². The predicted molar refractivity (Wildman–Crippen MR) is 107 cm³/mol. The van der Waals surface area contributed by atoms with E-state index in [-0.39, 0.29) is 12.0 Å². The van der Waals surface area contributed by atoms with Crippen LogP contribution < -0.4 is 5.32 Å². The van der Waals surface area contributed by atoms with E-state index in [0.717, 1.165) is 55.9 Å². The summed E-state index contributed by atoms with van der Waals surface area (Å²) in [6.07, 6.45) is 3.81. The topological polar surface area (TPSA) is 48.1 Å². The lowest BCUT2D eigenvalue weighted by Gasteiger charge is -2.39. The van der Waals surface area contributed by atoms with E-state index in [1.54, 1.807) is 0 Å². The van der Waals surface area contributed by atoms with Crippen molar-refractivity contribution in [2.24, 2.45) is 11.8 Å². The van der Waals surface area contributed by atoms with Crippen molar-refractivity contribution >= 4 is 28.4 Å². The first-order valence-corrected chi connectivity index (χ1v) is 10.2. The highest BCUT2D eigenvalue weighted by Gasteiger charge is 2.36. The van der Waals surface area contributed by atoms with Crippen molar-refractivity contribution in [3.63, 3.8) is 0 Å². The number of hydrogen-bond donors (Lipinski definition) is 2. The molecule has 0 radical (unpaired) electrons. The number of benzene rings is 1. The Labute approximate surface area is 160 Å². The first-order valence-electron chi connectivity index (χ1n) is 9.85. The lowest BCUT2D eigenvalue weighted by atomic mass is 9.89. The lowest BCUT2D eigenvalue weighted by Crippen LogP contribution is -2.46. The standard InChI is InChI=1S/C21H28ClN3O/c1-13(2)11-19-20-16(17-12-15(22)3-4-18(17)24-20)7-10-25(19)21(26)14-5-8-23-9-6-14/h3-4,12-14,19,23-24H,5-11H2,1-2H3. The normalized spacial score (nSPS) is 21.4. The van der Waals surface area contributed by atoms with E-state index in [2.05, 4.69) is 41.2 Å². The zero-order chi connectivity index (χ0) is 18.3. The summed E-state index contributed by atoms with van der Waals surface area (Å²) in [4.78, 5) is 19.1. The summed E-state index contributed by atoms with van der Waals surface area (Å²) in [5.74, 6) is 1.05. The number of piperidine rings is 1. The number of nitrogens with one attached hydrogen (secondary N) is 2. The van der Waals surface area contributed by atoms with Crippen molar-refractivity contribution < 1.29 is 4.79 Å². The average molecular weight is 374 g/mol. The highest BCUT2D eigenvalue weighted by atomic mass is 35.5. The smallest absolute Gasteiger partial charge is 0.226 e. The van der Waals surface area contributed by atoms with Crippen molar-refractivity contribution in [3.8, 4) is 0 Å². The molecule has 2 aromatic rings. The van der Waals surface area contributed by atoms with Gasteiger partial charge in [-0.15, -0.1) is 0 Å². The second kappa shape index (κ2) is 7.24. The molecule has 26 heavy (non-hydrogen) atoms. The van der Waals surface area contributed by atoms with Crippen LogP contribution in [0.2, 0.25) is 5.02 Å². The van der Waals surface area contributed by atoms with E-state index in [1.165, 1.54) is 16.6 Å². The monoisotopic (exact) mass is 373 g/mol. The summed E-state index contributed by atoms with van der Waals surface area (Å²) in [7, 11) is 0. The Morgan fingerprint density at radius 1 is 1.31 bits per heavy atom. The van der Waals surface area contributed by atoms with Crippen LogP contribution in [0.1, 0.15) is 50.4 Å². The molecule has 1 amide bonds. The Bertz CT molecular complexity index is 807. The number of H-pyrrole nitrogens is 1. The number of hydrogen-bond acceptors (Lipinski definition) is 2. The van der Waals surface area contributed by atoms with E-state index in [0.29, 0.717) is 11.8 Å². The number of fused-ring (bicyclic) bond motifs is 3. The highest BCUT2D eigenvalue weighted by Crippen LogP contribution is 2.39. The Hall–Kier alpha value is -1.52. The number of aromatic nitrogens is 1. The van der Waals surface area contributed by atoms with Crippen molar-refractivity contribution in [3.05, 3.63) is 34.5 Å². The lowest BCUT2D eigenvalue weighted by molar-refractivity contribution is -0.139. The molecule has 0 bridgehead atoms. The van der Waals surface area contributed by atoms with Crippen LogP contribution >= 0.6 is 11.6 Å². The van der Waals surface area contributed by atoms with Crippen molar-refractivity contribution in [2.45, 2.75) is 45.6 Å². The molecule has 1 saturated heterocycles. The fourth-order valence-corrected chi connectivity index (χ4v) is 4.77. The first kappa shape index (κ1) is 17.9. The van der Waals surface area contributed by atoms with E-state index < -0.39 is 0 Å². The molecule has 1 aromatic heterocycles. The fraction of sp³-hybridized carbons (Fsp3) is 0.571. The molecule has 4 nitrogen and oxygen atoms in total. The molecule has 1 aromatic carbocycles. The summed E-state index contributed by atoms with van der Waals surface area (Å²) < 4.78 is 0. The number of nitrogens with zero attached hydrogens (tertiary/aromatic N) is 1. The molecular weight excluding hydrogens is 346 g/mol. The van der Waals surface area contributed by atoms with E-state index in [9.17, 15) is 4.79 Å². The molecule has 0 aliphatic carbocycles. The van der Waals surface area contributed by atoms with Gasteiger partial charge in [-0.05, 0) is 68.5 Å². The fourth-order valence-electron chi connectivity index (χ4n) is 4.60. The molecule has 2 aliphatic rings. The molecule has 0 saturated carbocycles. The number of carbonyl (C=O) groups is 1. The molecule has 1 atom stereocenters. The van der Waals surface area contributed by atoms with Crippen LogP contribution in [-0.2, 0) is 11.2 Å². The van der Waals surface area contributed by atoms with Gasteiger partial charge in [0.25, 0.3) is 0 Å². The minimum absolute atomic E-state index is 0.146. The minimum Gasteiger partial charge on any atom is -0.356 e. The van der Waals surface area contributed by atoms with Gasteiger partial charge in [0.2, 0.25) is 5.91 Å². The van der Waals surface area contributed by atoms with Gasteiger partial charge in [-0.2, -0.15) is 0 Å². The van der Waals surface area contributed by atoms with Gasteiger partial charge in [0, 0.05) is 34.1 Å². The maximum Gasteiger partial charge on any atom is 0.226 e. The summed E-state index contributed by atoms with van der Waals surface area (Å²) in [6, 6.07) is 6.19. The van der Waals surface area contributed by atoms with Gasteiger partial charge in [0.05, 0.1) is 6.04 Å². The number of amides is 1. The number of carbonyl (C=O) groups excluding carboxylic acids is 1. The molecule has 140 valence electrons. The average Bonchev–Trinajstić information content (AvgIpc) is 3.00. The number of aromatic amines is 1. The molecule has 2 N–H and O–H groups in total. The zero-order valence-corrected chi connectivity index (χ0v) is 16.4. The molecule has 5 heteroatoms. The summed E-state index contributed by atoms with van der Waals surface area (Å²) >= 11 is 6.24. The molecule has 4 rings (SSSR count). The van der Waals surface area contributed by atoms with Crippen LogP contribution in [0, 0.1) is 11.8 Å². The molecule has 0 spiro atoms. The van der Waals surface area contributed by atoms with Crippen molar-refractivity contribution in [1.82, 2.24) is 15.2 Å². The van der Waals surface area contributed by atoms with Gasteiger partial charge in [-0.1, -0.05) is 25.4 Å². The number of halogens is 1. The van der Waals surface area contributed by atoms with Crippen LogP contribution in [0.5, 0.6) is 0 Å². The van der Waals surface area contributed by atoms with Gasteiger partial charge in [-0.25, -0.2) is 0 Å². The van der Waals surface area contributed by atoms with Gasteiger partial charge < -0.3 is 15.2 Å². The first-order chi connectivity index (χ1) is 12.5. The van der Waals surface area contributed by atoms with E-state index in [1.807, 2.05) is 6.07 Å². The predicted octanol–water partition coefficient (Wildman–Crippen LogP) is 4.29. The molecular formula is C21H28ClN3O. The van der Waals surface area contributed by atoms with Crippen LogP contribution in [0.15, 0.2) is 18.2 Å². The number of rotatable bonds is 3. The summed E-state index contributed by atoms with van der Waals surface area (Å²) in [5, 5.41) is 5.35. The molecule has 3 heterocycles. The van der Waals surface area contributed by atoms with Crippen LogP contribution in [0.25, 0.3) is 10.9 Å². The Kier molecular flexibility index (Phi) is 4.98. The van der Waals surface area contributed by atoms with Crippen molar-refractivity contribution in [2.75, 3.05) is 19.6 Å². The third kappa shape index (κ3) is 3.25. The Morgan fingerprint density at radius 2 is 2.08 bits per heavy atom. The van der Waals surface area contributed by atoms with Crippen LogP contribution in [0.4, 0.5) is 0 Å². The van der Waals surface area contributed by atoms with Gasteiger partial charge in [0.15, 0.2) is 0 Å². The SMILES string of the molecule is CC(C)CC1c2[nH]c3ccc(Cl)cc3c2CCN1C(=O)C1CCNCC1. The van der Waals surface area contributed by atoms with E-state index in [4.69, 9.17) is 11.6 Å². The van der Waals surface area contributed by atoms with Crippen LogP contribution in [-0.4, -0.2) is 35.4 Å². The molecule has 1 fully saturated rings. The summed E-state index contributed by atoms with van der Waals surface area (Å²) in [5.41, 5.74) is 3.70. The third-order valence-corrected chi connectivity index (χ3v) is 6.11. The second-order valence-corrected chi connectivity index (χ2v) is 8.59. The maximum absolute atomic E-state index is 13.3. The second-order valence-electron chi connectivity index (χ2n) is 8.16. The van der Waals surface area contributed by atoms with E-state index >= 15 is 0 Å². The Morgan fingerprint density at radius 3 is 2.81 bits per heavy atom.